The average molecular weight is 182 g/mol. The third-order valence-electron chi connectivity index (χ3n) is 3.77. The maximum absolute atomic E-state index is 11.3. The van der Waals surface area contributed by atoms with Crippen LogP contribution in [0.5, 0.6) is 0 Å². The first-order valence-electron chi connectivity index (χ1n) is 4.62. The van der Waals surface area contributed by atoms with Gasteiger partial charge in [0, 0.05) is 5.92 Å². The summed E-state index contributed by atoms with van der Waals surface area (Å²) in [5.41, 5.74) is 0. The van der Waals surface area contributed by atoms with Gasteiger partial charge in [0.15, 0.2) is 0 Å². The molecule has 3 aliphatic rings. The molecule has 4 nitrogen and oxygen atoms in total. The van der Waals surface area contributed by atoms with E-state index in [1.54, 1.807) is 0 Å². The summed E-state index contributed by atoms with van der Waals surface area (Å²) < 4.78 is 5.12. The minimum Gasteiger partial charge on any atom is -0.481 e. The second-order valence-electron chi connectivity index (χ2n) is 4.26. The molecule has 0 radical (unpaired) electrons. The summed E-state index contributed by atoms with van der Waals surface area (Å²) in [5, 5.41) is 8.97. The Labute approximate surface area is 74.9 Å². The fourth-order valence-corrected chi connectivity index (χ4v) is 3.34. The van der Waals surface area contributed by atoms with Crippen LogP contribution in [0.25, 0.3) is 0 Å². The first kappa shape index (κ1) is 7.35. The Morgan fingerprint density at radius 2 is 2.23 bits per heavy atom. The highest BCUT2D eigenvalue weighted by Crippen LogP contribution is 2.57. The lowest BCUT2D eigenvalue weighted by atomic mass is 9.80. The topological polar surface area (TPSA) is 63.6 Å². The molecule has 3 rings (SSSR count). The molecule has 0 aromatic carbocycles. The molecule has 5 atom stereocenters. The van der Waals surface area contributed by atoms with Gasteiger partial charge in [-0.2, -0.15) is 0 Å². The van der Waals surface area contributed by atoms with Crippen molar-refractivity contribution in [2.45, 2.75) is 18.9 Å². The molecule has 1 heterocycles. The van der Waals surface area contributed by atoms with Gasteiger partial charge >= 0.3 is 11.9 Å². The van der Waals surface area contributed by atoms with Crippen LogP contribution in [0.1, 0.15) is 12.8 Å². The zero-order valence-electron chi connectivity index (χ0n) is 6.97. The Kier molecular flexibility index (Phi) is 1.16. The van der Waals surface area contributed by atoms with E-state index in [2.05, 4.69) is 0 Å². The Balaban J connectivity index is 2.01. The van der Waals surface area contributed by atoms with Gasteiger partial charge in [-0.05, 0) is 18.8 Å². The van der Waals surface area contributed by atoms with E-state index in [0.717, 1.165) is 12.8 Å². The van der Waals surface area contributed by atoms with Crippen molar-refractivity contribution in [2.24, 2.45) is 23.7 Å². The quantitative estimate of drug-likeness (QED) is 0.591. The predicted octanol–water partition coefficient (Wildman–Crippen LogP) is 0.269. The van der Waals surface area contributed by atoms with Crippen LogP contribution >= 0.6 is 0 Å². The molecule has 13 heavy (non-hydrogen) atoms. The minimum atomic E-state index is -0.824. The number of rotatable bonds is 1. The number of carbonyl (C=O) groups is 2. The monoisotopic (exact) mass is 182 g/mol. The van der Waals surface area contributed by atoms with Crippen LogP contribution < -0.4 is 0 Å². The molecule has 70 valence electrons. The van der Waals surface area contributed by atoms with Crippen molar-refractivity contribution in [2.75, 3.05) is 0 Å². The minimum absolute atomic E-state index is 0.0399. The van der Waals surface area contributed by atoms with Crippen LogP contribution in [0, 0.1) is 23.7 Å². The lowest BCUT2D eigenvalue weighted by Crippen LogP contribution is -2.31. The number of esters is 1. The molecular weight excluding hydrogens is 172 g/mol. The molecule has 1 saturated heterocycles. The highest BCUT2D eigenvalue weighted by atomic mass is 16.6. The molecule has 2 saturated carbocycles. The average Bonchev–Trinajstić information content (AvgIpc) is 2.60. The van der Waals surface area contributed by atoms with Gasteiger partial charge in [-0.25, -0.2) is 0 Å². The van der Waals surface area contributed by atoms with Gasteiger partial charge in [0.1, 0.15) is 6.10 Å². The first-order valence-corrected chi connectivity index (χ1v) is 4.62. The van der Waals surface area contributed by atoms with Gasteiger partial charge in [-0.15, -0.1) is 0 Å². The fraction of sp³-hybridized carbons (Fsp3) is 0.778. The molecule has 1 aliphatic heterocycles. The number of hydrogen-bond acceptors (Lipinski definition) is 3. The molecule has 0 unspecified atom stereocenters. The third kappa shape index (κ3) is 0.716. The van der Waals surface area contributed by atoms with Crippen molar-refractivity contribution in [1.82, 2.24) is 0 Å². The molecule has 0 aromatic heterocycles. The summed E-state index contributed by atoms with van der Waals surface area (Å²) in [5.74, 6) is -1.50. The van der Waals surface area contributed by atoms with E-state index < -0.39 is 11.9 Å². The van der Waals surface area contributed by atoms with Crippen LogP contribution in [0.15, 0.2) is 0 Å². The lowest BCUT2D eigenvalue weighted by Gasteiger charge is -2.19. The summed E-state index contributed by atoms with van der Waals surface area (Å²) in [4.78, 5) is 22.2. The molecule has 0 spiro atoms. The van der Waals surface area contributed by atoms with E-state index >= 15 is 0 Å². The molecule has 2 aliphatic carbocycles. The first-order chi connectivity index (χ1) is 6.18. The Morgan fingerprint density at radius 1 is 1.46 bits per heavy atom. The van der Waals surface area contributed by atoms with Crippen molar-refractivity contribution in [3.63, 3.8) is 0 Å². The predicted molar refractivity (Wildman–Crippen MR) is 40.7 cm³/mol. The molecule has 0 aromatic rings. The van der Waals surface area contributed by atoms with Crippen molar-refractivity contribution in [3.8, 4) is 0 Å². The van der Waals surface area contributed by atoms with Crippen molar-refractivity contribution in [1.29, 1.82) is 0 Å². The van der Waals surface area contributed by atoms with E-state index in [1.165, 1.54) is 0 Å². The molecule has 0 amide bonds. The van der Waals surface area contributed by atoms with Crippen LogP contribution in [-0.4, -0.2) is 23.1 Å². The van der Waals surface area contributed by atoms with Crippen LogP contribution in [0.4, 0.5) is 0 Å². The number of ether oxygens (including phenoxy) is 1. The summed E-state index contributed by atoms with van der Waals surface area (Å²) in [7, 11) is 0. The molecule has 3 fully saturated rings. The smallest absolute Gasteiger partial charge is 0.310 e. The molecular formula is C9H10O4. The van der Waals surface area contributed by atoms with Gasteiger partial charge in [0.2, 0.25) is 0 Å². The van der Waals surface area contributed by atoms with Crippen LogP contribution in [-0.2, 0) is 14.3 Å². The van der Waals surface area contributed by atoms with Gasteiger partial charge in [0.25, 0.3) is 0 Å². The largest absolute Gasteiger partial charge is 0.481 e. The molecule has 2 bridgehead atoms. The second-order valence-corrected chi connectivity index (χ2v) is 4.26. The van der Waals surface area contributed by atoms with Crippen molar-refractivity contribution < 1.29 is 19.4 Å². The van der Waals surface area contributed by atoms with E-state index in [1.807, 2.05) is 0 Å². The van der Waals surface area contributed by atoms with Crippen LogP contribution in [0.3, 0.4) is 0 Å². The van der Waals surface area contributed by atoms with E-state index in [4.69, 9.17) is 9.84 Å². The van der Waals surface area contributed by atoms with E-state index in [0.29, 0.717) is 0 Å². The van der Waals surface area contributed by atoms with Gasteiger partial charge in [0.05, 0.1) is 11.8 Å². The number of carbonyl (C=O) groups excluding carboxylic acids is 1. The summed E-state index contributed by atoms with van der Waals surface area (Å²) >= 11 is 0. The SMILES string of the molecule is O=C1O[C@H]2C[C@@H]3C[C@@H]2[C@@H]1[C@H]3C(=O)O. The summed E-state index contributed by atoms with van der Waals surface area (Å²) in [6, 6.07) is 0. The number of aliphatic carboxylic acids is 1. The highest BCUT2D eigenvalue weighted by molar-refractivity contribution is 5.84. The maximum atomic E-state index is 11.3. The maximum Gasteiger partial charge on any atom is 0.310 e. The van der Waals surface area contributed by atoms with Gasteiger partial charge in [-0.3, -0.25) is 9.59 Å². The second kappa shape index (κ2) is 2.05. The fourth-order valence-electron chi connectivity index (χ4n) is 3.34. The number of fused-ring (bicyclic) bond motifs is 1. The zero-order chi connectivity index (χ0) is 9.16. The number of hydrogen-bond donors (Lipinski definition) is 1. The number of carboxylic acids is 1. The van der Waals surface area contributed by atoms with Gasteiger partial charge in [-0.1, -0.05) is 0 Å². The Morgan fingerprint density at radius 3 is 2.92 bits per heavy atom. The summed E-state index contributed by atoms with van der Waals surface area (Å²) in [6.07, 6.45) is 1.68. The summed E-state index contributed by atoms with van der Waals surface area (Å²) in [6.45, 7) is 0. The standard InChI is InChI=1S/C9H10O4/c10-8(11)6-3-1-4-5(2-3)13-9(12)7(4)6/h3-7H,1-2H2,(H,10,11)/t3-,4-,5-,6-,7+/m0/s1. The van der Waals surface area contributed by atoms with E-state index in [9.17, 15) is 9.59 Å². The number of carboxylic acid groups (broad SMARTS) is 1. The molecule has 4 heteroatoms. The van der Waals surface area contributed by atoms with E-state index in [-0.39, 0.29) is 29.8 Å². The Bertz CT molecular complexity index is 296. The molecule has 1 N–H and O–H groups in total. The zero-order valence-corrected chi connectivity index (χ0v) is 6.97. The third-order valence-corrected chi connectivity index (χ3v) is 3.77. The van der Waals surface area contributed by atoms with Crippen molar-refractivity contribution >= 4 is 11.9 Å². The Hall–Kier alpha value is -1.06. The van der Waals surface area contributed by atoms with Gasteiger partial charge < -0.3 is 9.84 Å². The van der Waals surface area contributed by atoms with Crippen LogP contribution in [0.2, 0.25) is 0 Å². The highest BCUT2D eigenvalue weighted by Gasteiger charge is 2.64. The normalized spacial score (nSPS) is 51.1. The van der Waals surface area contributed by atoms with Crippen molar-refractivity contribution in [3.05, 3.63) is 0 Å². The lowest BCUT2D eigenvalue weighted by molar-refractivity contribution is -0.151.